The van der Waals surface area contributed by atoms with Crippen molar-refractivity contribution in [3.05, 3.63) is 55.2 Å². The molecule has 1 aromatic carbocycles. The summed E-state index contributed by atoms with van der Waals surface area (Å²) in [6, 6.07) is 8.83. The molecule has 0 radical (unpaired) electrons. The van der Waals surface area contributed by atoms with Crippen LogP contribution in [0.15, 0.2) is 28.1 Å². The van der Waals surface area contributed by atoms with Crippen LogP contribution in [0.3, 0.4) is 0 Å². The van der Waals surface area contributed by atoms with E-state index in [4.69, 9.17) is 5.84 Å². The van der Waals surface area contributed by atoms with Crippen LogP contribution in [-0.4, -0.2) is 0 Å². The van der Waals surface area contributed by atoms with Gasteiger partial charge in [-0.3, -0.25) is 11.3 Å². The van der Waals surface area contributed by atoms with E-state index in [1.54, 1.807) is 11.3 Å². The number of aryl methyl sites for hydroxylation is 3. The van der Waals surface area contributed by atoms with Crippen molar-refractivity contribution in [2.24, 2.45) is 5.84 Å². The standard InChI is InChI=1S/C15H19BrN2S/c1-9-6-10(2)12(11(3)7-9)8-13(18-17)14-4-5-15(16)19-14/h4-7,13,18H,8,17H2,1-3H3. The van der Waals surface area contributed by atoms with Crippen molar-refractivity contribution >= 4 is 27.3 Å². The van der Waals surface area contributed by atoms with Crippen molar-refractivity contribution in [2.45, 2.75) is 33.2 Å². The van der Waals surface area contributed by atoms with E-state index in [1.165, 1.54) is 27.1 Å². The minimum Gasteiger partial charge on any atom is -0.271 e. The van der Waals surface area contributed by atoms with E-state index in [-0.39, 0.29) is 6.04 Å². The predicted octanol–water partition coefficient (Wildman–Crippen LogP) is 4.18. The third-order valence-corrected chi connectivity index (χ3v) is 5.12. The number of hydrogen-bond acceptors (Lipinski definition) is 3. The summed E-state index contributed by atoms with van der Waals surface area (Å²) in [4.78, 5) is 1.26. The molecule has 1 unspecified atom stereocenters. The lowest BCUT2D eigenvalue weighted by Crippen LogP contribution is -2.29. The van der Waals surface area contributed by atoms with Crippen LogP contribution < -0.4 is 11.3 Å². The molecule has 19 heavy (non-hydrogen) atoms. The summed E-state index contributed by atoms with van der Waals surface area (Å²) >= 11 is 5.23. The molecule has 0 aliphatic rings. The van der Waals surface area contributed by atoms with Gasteiger partial charge in [-0.25, -0.2) is 0 Å². The van der Waals surface area contributed by atoms with Gasteiger partial charge in [-0.1, -0.05) is 17.7 Å². The van der Waals surface area contributed by atoms with Gasteiger partial charge in [0.25, 0.3) is 0 Å². The second kappa shape index (κ2) is 6.18. The molecule has 2 nitrogen and oxygen atoms in total. The van der Waals surface area contributed by atoms with E-state index in [9.17, 15) is 0 Å². The van der Waals surface area contributed by atoms with E-state index in [1.807, 2.05) is 0 Å². The summed E-state index contributed by atoms with van der Waals surface area (Å²) in [5.74, 6) is 5.73. The fourth-order valence-corrected chi connectivity index (χ4v) is 3.98. The van der Waals surface area contributed by atoms with Gasteiger partial charge in [0, 0.05) is 4.88 Å². The fraction of sp³-hybridized carbons (Fsp3) is 0.333. The normalized spacial score (nSPS) is 12.7. The molecule has 0 bridgehead atoms. The summed E-state index contributed by atoms with van der Waals surface area (Å²) in [5, 5.41) is 0. The van der Waals surface area contributed by atoms with E-state index < -0.39 is 0 Å². The predicted molar refractivity (Wildman–Crippen MR) is 86.4 cm³/mol. The molecule has 1 aromatic heterocycles. The van der Waals surface area contributed by atoms with Crippen LogP contribution in [-0.2, 0) is 6.42 Å². The van der Waals surface area contributed by atoms with Crippen LogP contribution in [0.4, 0.5) is 0 Å². The largest absolute Gasteiger partial charge is 0.271 e. The molecule has 0 aliphatic heterocycles. The van der Waals surface area contributed by atoms with Crippen molar-refractivity contribution in [3.63, 3.8) is 0 Å². The Balaban J connectivity index is 2.28. The minimum absolute atomic E-state index is 0.163. The van der Waals surface area contributed by atoms with Gasteiger partial charge in [0.2, 0.25) is 0 Å². The smallest absolute Gasteiger partial charge is 0.0702 e. The highest BCUT2D eigenvalue weighted by molar-refractivity contribution is 9.11. The molecule has 3 N–H and O–H groups in total. The zero-order valence-electron chi connectivity index (χ0n) is 11.5. The number of halogens is 1. The van der Waals surface area contributed by atoms with Gasteiger partial charge < -0.3 is 0 Å². The second-order valence-electron chi connectivity index (χ2n) is 4.94. The molecule has 0 spiro atoms. The van der Waals surface area contributed by atoms with Gasteiger partial charge in [-0.15, -0.1) is 11.3 Å². The van der Waals surface area contributed by atoms with Gasteiger partial charge in [-0.2, -0.15) is 0 Å². The molecule has 0 saturated carbocycles. The highest BCUT2D eigenvalue weighted by atomic mass is 79.9. The van der Waals surface area contributed by atoms with Crippen LogP contribution in [0.1, 0.15) is 33.2 Å². The first-order valence-electron chi connectivity index (χ1n) is 6.29. The Morgan fingerprint density at radius 2 is 1.84 bits per heavy atom. The molecular weight excluding hydrogens is 320 g/mol. The van der Waals surface area contributed by atoms with Crippen LogP contribution in [0.25, 0.3) is 0 Å². The van der Waals surface area contributed by atoms with Gasteiger partial charge >= 0.3 is 0 Å². The number of thiophene rings is 1. The Morgan fingerprint density at radius 3 is 2.32 bits per heavy atom. The Bertz CT molecular complexity index is 554. The maximum absolute atomic E-state index is 5.73. The molecule has 0 saturated heterocycles. The number of nitrogens with two attached hydrogens (primary N) is 1. The summed E-state index contributed by atoms with van der Waals surface area (Å²) in [5.41, 5.74) is 8.32. The average molecular weight is 339 g/mol. The van der Waals surface area contributed by atoms with Gasteiger partial charge in [0.05, 0.1) is 9.83 Å². The highest BCUT2D eigenvalue weighted by Crippen LogP contribution is 2.30. The second-order valence-corrected chi connectivity index (χ2v) is 7.44. The summed E-state index contributed by atoms with van der Waals surface area (Å²) in [7, 11) is 0. The molecule has 2 rings (SSSR count). The van der Waals surface area contributed by atoms with E-state index in [0.717, 1.165) is 10.2 Å². The van der Waals surface area contributed by atoms with Crippen molar-refractivity contribution < 1.29 is 0 Å². The van der Waals surface area contributed by atoms with Crippen molar-refractivity contribution in [1.82, 2.24) is 5.43 Å². The van der Waals surface area contributed by atoms with Gasteiger partial charge in [0.15, 0.2) is 0 Å². The molecule has 1 atom stereocenters. The quantitative estimate of drug-likeness (QED) is 0.648. The minimum atomic E-state index is 0.163. The van der Waals surface area contributed by atoms with Crippen LogP contribution in [0.2, 0.25) is 0 Å². The number of hydrazine groups is 1. The summed E-state index contributed by atoms with van der Waals surface area (Å²) < 4.78 is 1.14. The molecule has 0 amide bonds. The molecule has 4 heteroatoms. The SMILES string of the molecule is Cc1cc(C)c(CC(NN)c2ccc(Br)s2)c(C)c1. The molecule has 0 fully saturated rings. The topological polar surface area (TPSA) is 38.0 Å². The summed E-state index contributed by atoms with van der Waals surface area (Å²) in [6.07, 6.45) is 0.918. The number of hydrogen-bond donors (Lipinski definition) is 2. The maximum Gasteiger partial charge on any atom is 0.0702 e. The average Bonchev–Trinajstić information content (AvgIpc) is 2.75. The van der Waals surface area contributed by atoms with Gasteiger partial charge in [-0.05, 0) is 71.9 Å². The number of nitrogens with one attached hydrogen (secondary N) is 1. The molecular formula is C15H19BrN2S. The third kappa shape index (κ3) is 3.45. The third-order valence-electron chi connectivity index (χ3n) is 3.39. The first-order chi connectivity index (χ1) is 9.01. The molecule has 0 aliphatic carbocycles. The number of benzene rings is 1. The van der Waals surface area contributed by atoms with Crippen LogP contribution in [0, 0.1) is 20.8 Å². The molecule has 1 heterocycles. The van der Waals surface area contributed by atoms with Crippen LogP contribution in [0.5, 0.6) is 0 Å². The Hall–Kier alpha value is -0.680. The Morgan fingerprint density at radius 1 is 1.21 bits per heavy atom. The maximum atomic E-state index is 5.73. The Kier molecular flexibility index (Phi) is 4.79. The zero-order valence-corrected chi connectivity index (χ0v) is 13.9. The van der Waals surface area contributed by atoms with Gasteiger partial charge in [0.1, 0.15) is 0 Å². The zero-order chi connectivity index (χ0) is 14.0. The van der Waals surface area contributed by atoms with E-state index in [2.05, 4.69) is 66.4 Å². The van der Waals surface area contributed by atoms with Crippen molar-refractivity contribution in [1.29, 1.82) is 0 Å². The fourth-order valence-electron chi connectivity index (χ4n) is 2.49. The monoisotopic (exact) mass is 338 g/mol. The molecule has 102 valence electrons. The first kappa shape index (κ1) is 14.7. The summed E-state index contributed by atoms with van der Waals surface area (Å²) in [6.45, 7) is 6.49. The van der Waals surface area contributed by atoms with Crippen molar-refractivity contribution in [2.75, 3.05) is 0 Å². The lowest BCUT2D eigenvalue weighted by Gasteiger charge is -2.18. The van der Waals surface area contributed by atoms with Crippen molar-refractivity contribution in [3.8, 4) is 0 Å². The Labute approximate surface area is 127 Å². The van der Waals surface area contributed by atoms with E-state index >= 15 is 0 Å². The lowest BCUT2D eigenvalue weighted by molar-refractivity contribution is 0.558. The van der Waals surface area contributed by atoms with E-state index in [0.29, 0.717) is 0 Å². The lowest BCUT2D eigenvalue weighted by atomic mass is 9.94. The first-order valence-corrected chi connectivity index (χ1v) is 7.90. The number of rotatable bonds is 4. The van der Waals surface area contributed by atoms with Crippen LogP contribution >= 0.6 is 27.3 Å². The highest BCUT2D eigenvalue weighted by Gasteiger charge is 2.15. The molecule has 2 aromatic rings.